The molecule has 152 valence electrons. The molecule has 0 aromatic heterocycles. The Morgan fingerprint density at radius 3 is 2.07 bits per heavy atom. The van der Waals surface area contributed by atoms with Crippen LogP contribution in [0.1, 0.15) is 30.1 Å². The van der Waals surface area contributed by atoms with E-state index in [4.69, 9.17) is 9.47 Å². The summed E-state index contributed by atoms with van der Waals surface area (Å²) in [5, 5.41) is 13.9. The van der Waals surface area contributed by atoms with E-state index in [1.165, 1.54) is 12.1 Å². The van der Waals surface area contributed by atoms with Gasteiger partial charge in [-0.05, 0) is 31.2 Å². The Labute approximate surface area is 167 Å². The Balaban J connectivity index is 2.40. The van der Waals surface area contributed by atoms with Crippen molar-refractivity contribution in [2.45, 2.75) is 25.4 Å². The van der Waals surface area contributed by atoms with Crippen LogP contribution >= 0.6 is 0 Å². The molecular formula is C21H20NO7-. The number of amides is 1. The van der Waals surface area contributed by atoms with Crippen molar-refractivity contribution >= 4 is 29.5 Å². The second kappa shape index (κ2) is 10.0. The number of rotatable bonds is 9. The topological polar surface area (TPSA) is 122 Å². The van der Waals surface area contributed by atoms with E-state index in [9.17, 15) is 24.3 Å². The minimum absolute atomic E-state index is 0.00711. The molecule has 0 aliphatic carbocycles. The Morgan fingerprint density at radius 2 is 1.52 bits per heavy atom. The number of carbonyl (C=O) groups is 4. The molecule has 1 amide bonds. The van der Waals surface area contributed by atoms with Gasteiger partial charge in [-0.15, -0.1) is 0 Å². The largest absolute Gasteiger partial charge is 0.550 e. The molecule has 0 fully saturated rings. The molecule has 1 unspecified atom stereocenters. The molecule has 0 bridgehead atoms. The van der Waals surface area contributed by atoms with E-state index >= 15 is 0 Å². The first-order valence-corrected chi connectivity index (χ1v) is 8.86. The number of anilines is 1. The van der Waals surface area contributed by atoms with Gasteiger partial charge in [0.2, 0.25) is 5.60 Å². The number of aliphatic carboxylic acids is 1. The minimum Gasteiger partial charge on any atom is -0.550 e. The molecule has 8 nitrogen and oxygen atoms in total. The Morgan fingerprint density at radius 1 is 0.931 bits per heavy atom. The van der Waals surface area contributed by atoms with Crippen LogP contribution < -0.4 is 10.4 Å². The number of nitrogens with one attached hydrogen (secondary N) is 1. The predicted octanol–water partition coefficient (Wildman–Crippen LogP) is 1.31. The lowest BCUT2D eigenvalue weighted by Gasteiger charge is -2.31. The first-order valence-electron chi connectivity index (χ1n) is 8.86. The normalized spacial score (nSPS) is 12.3. The van der Waals surface area contributed by atoms with Crippen molar-refractivity contribution in [3.8, 4) is 0 Å². The fraction of sp³-hybridized carbons (Fsp3) is 0.238. The molecule has 2 aromatic rings. The highest BCUT2D eigenvalue weighted by molar-refractivity contribution is 6.04. The van der Waals surface area contributed by atoms with Gasteiger partial charge in [0.1, 0.15) is 0 Å². The zero-order chi connectivity index (χ0) is 21.3. The van der Waals surface area contributed by atoms with Crippen LogP contribution in [0.25, 0.3) is 0 Å². The molecule has 1 N–H and O–H groups in total. The zero-order valence-corrected chi connectivity index (χ0v) is 15.8. The third-order valence-electron chi connectivity index (χ3n) is 3.91. The summed E-state index contributed by atoms with van der Waals surface area (Å²) in [6, 6.07) is 15.8. The van der Waals surface area contributed by atoms with Crippen molar-refractivity contribution in [2.75, 3.05) is 11.9 Å². The number of ether oxygens (including phenoxy) is 2. The average molecular weight is 398 g/mol. The summed E-state index contributed by atoms with van der Waals surface area (Å²) >= 11 is 0. The number of hydrogen-bond acceptors (Lipinski definition) is 7. The second-order valence-corrected chi connectivity index (χ2v) is 6.10. The van der Waals surface area contributed by atoms with Gasteiger partial charge < -0.3 is 24.7 Å². The lowest BCUT2D eigenvalue weighted by molar-refractivity contribution is -0.308. The number of para-hydroxylation sites is 1. The SMILES string of the molecule is CCOC(=O)CC(CC(=O)[O-])(OC(=O)c1ccccc1)C(=O)Nc1ccccc1. The lowest BCUT2D eigenvalue weighted by atomic mass is 9.93. The summed E-state index contributed by atoms with van der Waals surface area (Å²) in [5.41, 5.74) is -1.93. The fourth-order valence-corrected chi connectivity index (χ4v) is 2.60. The molecule has 0 saturated carbocycles. The van der Waals surface area contributed by atoms with Crippen molar-refractivity contribution < 1.29 is 33.8 Å². The van der Waals surface area contributed by atoms with Gasteiger partial charge in [0, 0.05) is 18.1 Å². The summed E-state index contributed by atoms with van der Waals surface area (Å²) in [5.74, 6) is -4.50. The van der Waals surface area contributed by atoms with Crippen LogP contribution in [0.4, 0.5) is 5.69 Å². The van der Waals surface area contributed by atoms with E-state index in [2.05, 4.69) is 5.32 Å². The molecule has 0 heterocycles. The lowest BCUT2D eigenvalue weighted by Crippen LogP contribution is -2.52. The van der Waals surface area contributed by atoms with Crippen LogP contribution in [0.15, 0.2) is 60.7 Å². The maximum Gasteiger partial charge on any atom is 0.339 e. The van der Waals surface area contributed by atoms with Crippen LogP contribution in [0.3, 0.4) is 0 Å². The maximum atomic E-state index is 13.0. The molecule has 0 radical (unpaired) electrons. The average Bonchev–Trinajstić information content (AvgIpc) is 2.69. The van der Waals surface area contributed by atoms with Crippen molar-refractivity contribution in [3.05, 3.63) is 66.2 Å². The van der Waals surface area contributed by atoms with Crippen LogP contribution in [0.5, 0.6) is 0 Å². The van der Waals surface area contributed by atoms with Crippen LogP contribution in [0.2, 0.25) is 0 Å². The van der Waals surface area contributed by atoms with Gasteiger partial charge in [-0.25, -0.2) is 4.79 Å². The van der Waals surface area contributed by atoms with Crippen molar-refractivity contribution in [2.24, 2.45) is 0 Å². The Kier molecular flexibility index (Phi) is 7.47. The number of carboxylic acids is 1. The van der Waals surface area contributed by atoms with Gasteiger partial charge in [-0.2, -0.15) is 0 Å². The highest BCUT2D eigenvalue weighted by Crippen LogP contribution is 2.26. The van der Waals surface area contributed by atoms with Crippen LogP contribution in [-0.4, -0.2) is 36.0 Å². The Hall–Kier alpha value is -3.68. The molecule has 2 aromatic carbocycles. The van der Waals surface area contributed by atoms with E-state index in [1.807, 2.05) is 0 Å². The summed E-state index contributed by atoms with van der Waals surface area (Å²) in [4.78, 5) is 49.1. The molecule has 0 saturated heterocycles. The molecule has 0 spiro atoms. The number of carboxylic acid groups (broad SMARTS) is 1. The monoisotopic (exact) mass is 398 g/mol. The number of benzene rings is 2. The van der Waals surface area contributed by atoms with Gasteiger partial charge in [-0.1, -0.05) is 36.4 Å². The van der Waals surface area contributed by atoms with E-state index in [0.29, 0.717) is 5.69 Å². The van der Waals surface area contributed by atoms with Crippen LogP contribution in [-0.2, 0) is 23.9 Å². The highest BCUT2D eigenvalue weighted by atomic mass is 16.6. The Bertz CT molecular complexity index is 867. The van der Waals surface area contributed by atoms with Crippen molar-refractivity contribution in [3.63, 3.8) is 0 Å². The van der Waals surface area contributed by atoms with Gasteiger partial charge >= 0.3 is 11.9 Å². The summed E-state index contributed by atoms with van der Waals surface area (Å²) in [7, 11) is 0. The number of esters is 2. The summed E-state index contributed by atoms with van der Waals surface area (Å²) in [6.45, 7) is 1.56. The predicted molar refractivity (Wildman–Crippen MR) is 101 cm³/mol. The fourth-order valence-electron chi connectivity index (χ4n) is 2.60. The first-order chi connectivity index (χ1) is 13.9. The molecule has 1 atom stereocenters. The first kappa shape index (κ1) is 21.6. The van der Waals surface area contributed by atoms with Gasteiger partial charge in [0.15, 0.2) is 0 Å². The maximum absolute atomic E-state index is 13.0. The zero-order valence-electron chi connectivity index (χ0n) is 15.8. The summed E-state index contributed by atoms with van der Waals surface area (Å²) in [6.07, 6.45) is -1.81. The molecule has 2 rings (SSSR count). The molecule has 0 aliphatic rings. The molecule has 8 heteroatoms. The van der Waals surface area contributed by atoms with Crippen LogP contribution in [0, 0.1) is 0 Å². The van der Waals surface area contributed by atoms with E-state index in [-0.39, 0.29) is 12.2 Å². The van der Waals surface area contributed by atoms with E-state index < -0.39 is 42.3 Å². The van der Waals surface area contributed by atoms with Gasteiger partial charge in [0.05, 0.1) is 18.6 Å². The number of hydrogen-bond donors (Lipinski definition) is 1. The molecule has 29 heavy (non-hydrogen) atoms. The molecule has 0 aliphatic heterocycles. The van der Waals surface area contributed by atoms with Crippen molar-refractivity contribution in [1.29, 1.82) is 0 Å². The number of carbonyl (C=O) groups excluding carboxylic acids is 4. The van der Waals surface area contributed by atoms with Gasteiger partial charge in [-0.3, -0.25) is 9.59 Å². The van der Waals surface area contributed by atoms with E-state index in [0.717, 1.165) is 0 Å². The third kappa shape index (κ3) is 6.17. The quantitative estimate of drug-likeness (QED) is 0.632. The third-order valence-corrected chi connectivity index (χ3v) is 3.91. The summed E-state index contributed by atoms with van der Waals surface area (Å²) < 4.78 is 10.2. The van der Waals surface area contributed by atoms with E-state index in [1.54, 1.807) is 55.5 Å². The second-order valence-electron chi connectivity index (χ2n) is 6.10. The smallest absolute Gasteiger partial charge is 0.339 e. The minimum atomic E-state index is -2.35. The standard InChI is InChI=1S/C21H21NO7/c1-2-28-18(25)14-21(13-17(23)24,20(27)22-16-11-7-4-8-12-16)29-19(26)15-9-5-3-6-10-15/h3-12H,2,13-14H2,1H3,(H,22,27)(H,23,24)/p-1. The molecular weight excluding hydrogens is 378 g/mol. The highest BCUT2D eigenvalue weighted by Gasteiger charge is 2.45. The van der Waals surface area contributed by atoms with Crippen molar-refractivity contribution in [1.82, 2.24) is 0 Å². The van der Waals surface area contributed by atoms with Gasteiger partial charge in [0.25, 0.3) is 5.91 Å².